The van der Waals surface area contributed by atoms with E-state index in [1.807, 2.05) is 6.20 Å². The summed E-state index contributed by atoms with van der Waals surface area (Å²) in [6.07, 6.45) is 3.65. The fraction of sp³-hybridized carbons (Fsp3) is 0. The van der Waals surface area contributed by atoms with Gasteiger partial charge in [0.2, 0.25) is 0 Å². The highest BCUT2D eigenvalue weighted by Gasteiger charge is 2.25. The van der Waals surface area contributed by atoms with Crippen LogP contribution in [-0.4, -0.2) is 19.1 Å². The van der Waals surface area contributed by atoms with Gasteiger partial charge in [-0.25, -0.2) is 9.97 Å². The van der Waals surface area contributed by atoms with E-state index < -0.39 is 0 Å². The molecule has 0 unspecified atom stereocenters. The van der Waals surface area contributed by atoms with Gasteiger partial charge in [-0.2, -0.15) is 0 Å². The molecule has 6 aromatic carbocycles. The molecule has 0 radical (unpaired) electrons. The first-order valence-corrected chi connectivity index (χ1v) is 14.2. The molecule has 0 aliphatic heterocycles. The van der Waals surface area contributed by atoms with Crippen molar-refractivity contribution in [3.8, 4) is 22.5 Å². The minimum atomic E-state index is 0.970. The maximum absolute atomic E-state index is 4.94. The van der Waals surface area contributed by atoms with Crippen LogP contribution in [-0.2, 0) is 0 Å². The highest BCUT2D eigenvalue weighted by Crippen LogP contribution is 2.46. The molecule has 0 saturated carbocycles. The van der Waals surface area contributed by atoms with Crippen molar-refractivity contribution in [3.63, 3.8) is 0 Å². The maximum Gasteiger partial charge on any atom is 0.116 e. The molecule has 3 heterocycles. The maximum atomic E-state index is 4.94. The van der Waals surface area contributed by atoms with Crippen LogP contribution in [0, 0.1) is 0 Å². The van der Waals surface area contributed by atoms with Gasteiger partial charge < -0.3 is 9.13 Å². The standard InChI is InChI=1S/C38H24N4/c1-3-12-25(13-4-1)26-14-11-17-28(22-26)42-33-21-10-8-19-30(33)35-36-31(23-39-24-40-36)34-29-18-7-9-20-32(29)41(37(34)38(35)42)27-15-5-2-6-16-27/h1-24H. The number of para-hydroxylation sites is 3. The molecular formula is C38H24N4. The normalized spacial score (nSPS) is 11.8. The summed E-state index contributed by atoms with van der Waals surface area (Å²) in [6, 6.07) is 47.5. The molecule has 4 heteroatoms. The number of fused-ring (bicyclic) bond motifs is 10. The Bertz CT molecular complexity index is 2450. The predicted molar refractivity (Wildman–Crippen MR) is 174 cm³/mol. The Kier molecular flexibility index (Phi) is 4.87. The lowest BCUT2D eigenvalue weighted by Gasteiger charge is -2.14. The predicted octanol–water partition coefficient (Wildman–Crippen LogP) is 9.49. The zero-order valence-electron chi connectivity index (χ0n) is 22.6. The molecule has 9 rings (SSSR count). The van der Waals surface area contributed by atoms with Crippen molar-refractivity contribution < 1.29 is 0 Å². The summed E-state index contributed by atoms with van der Waals surface area (Å²) in [5.41, 5.74) is 10.2. The van der Waals surface area contributed by atoms with Crippen LogP contribution in [0.4, 0.5) is 0 Å². The lowest BCUT2D eigenvalue weighted by atomic mass is 10.0. The third-order valence-corrected chi connectivity index (χ3v) is 8.42. The Morgan fingerprint density at radius 2 is 1.02 bits per heavy atom. The fourth-order valence-electron chi connectivity index (χ4n) is 6.72. The second-order valence-electron chi connectivity index (χ2n) is 10.7. The summed E-state index contributed by atoms with van der Waals surface area (Å²) in [5, 5.41) is 5.73. The summed E-state index contributed by atoms with van der Waals surface area (Å²) in [5.74, 6) is 0. The van der Waals surface area contributed by atoms with E-state index in [9.17, 15) is 0 Å². The van der Waals surface area contributed by atoms with E-state index in [1.54, 1.807) is 6.33 Å². The van der Waals surface area contributed by atoms with Crippen molar-refractivity contribution in [2.45, 2.75) is 0 Å². The molecule has 0 bridgehead atoms. The van der Waals surface area contributed by atoms with Crippen LogP contribution in [0.1, 0.15) is 0 Å². The number of aromatic nitrogens is 4. The first kappa shape index (κ1) is 23.0. The molecule has 3 aromatic heterocycles. The second kappa shape index (κ2) is 8.88. The Hall–Kier alpha value is -5.74. The molecule has 0 saturated heterocycles. The van der Waals surface area contributed by atoms with Gasteiger partial charge >= 0.3 is 0 Å². The lowest BCUT2D eigenvalue weighted by Crippen LogP contribution is -1.99. The van der Waals surface area contributed by atoms with Crippen molar-refractivity contribution in [1.29, 1.82) is 0 Å². The average molecular weight is 537 g/mol. The van der Waals surface area contributed by atoms with E-state index in [0.717, 1.165) is 49.7 Å². The molecule has 4 nitrogen and oxygen atoms in total. The van der Waals surface area contributed by atoms with Gasteiger partial charge in [0.1, 0.15) is 6.33 Å². The first-order valence-electron chi connectivity index (χ1n) is 14.2. The lowest BCUT2D eigenvalue weighted by molar-refractivity contribution is 1.15. The van der Waals surface area contributed by atoms with Gasteiger partial charge in [-0.05, 0) is 47.5 Å². The smallest absolute Gasteiger partial charge is 0.116 e. The van der Waals surface area contributed by atoms with Crippen LogP contribution in [0.5, 0.6) is 0 Å². The summed E-state index contributed by atoms with van der Waals surface area (Å²) < 4.78 is 4.84. The Balaban J connectivity index is 1.57. The van der Waals surface area contributed by atoms with Crippen LogP contribution in [0.25, 0.3) is 77.0 Å². The van der Waals surface area contributed by atoms with Gasteiger partial charge in [-0.15, -0.1) is 0 Å². The molecule has 0 fully saturated rings. The topological polar surface area (TPSA) is 35.6 Å². The molecule has 0 atom stereocenters. The van der Waals surface area contributed by atoms with E-state index >= 15 is 0 Å². The number of benzene rings is 6. The minimum absolute atomic E-state index is 0.970. The van der Waals surface area contributed by atoms with Crippen LogP contribution in [0.3, 0.4) is 0 Å². The largest absolute Gasteiger partial charge is 0.307 e. The highest BCUT2D eigenvalue weighted by atomic mass is 15.0. The molecular weight excluding hydrogens is 512 g/mol. The van der Waals surface area contributed by atoms with Crippen LogP contribution < -0.4 is 0 Å². The summed E-state index contributed by atoms with van der Waals surface area (Å²) in [4.78, 5) is 9.46. The van der Waals surface area contributed by atoms with Gasteiger partial charge in [-0.3, -0.25) is 0 Å². The van der Waals surface area contributed by atoms with Gasteiger partial charge in [0.25, 0.3) is 0 Å². The van der Waals surface area contributed by atoms with Gasteiger partial charge in [-0.1, -0.05) is 97.1 Å². The van der Waals surface area contributed by atoms with E-state index in [2.05, 4.69) is 148 Å². The number of hydrogen-bond acceptors (Lipinski definition) is 2. The number of rotatable bonds is 3. The van der Waals surface area contributed by atoms with Crippen LogP contribution >= 0.6 is 0 Å². The van der Waals surface area contributed by atoms with Crippen molar-refractivity contribution >= 4 is 54.5 Å². The van der Waals surface area contributed by atoms with Gasteiger partial charge in [0, 0.05) is 44.5 Å². The molecule has 0 N–H and O–H groups in total. The zero-order chi connectivity index (χ0) is 27.6. The van der Waals surface area contributed by atoms with Crippen molar-refractivity contribution in [2.24, 2.45) is 0 Å². The summed E-state index contributed by atoms with van der Waals surface area (Å²) in [7, 11) is 0. The highest BCUT2D eigenvalue weighted by molar-refractivity contribution is 6.35. The SMILES string of the molecule is c1ccc(-c2cccc(-n3c4ccccc4c4c5ncncc5c5c6ccccc6n(-c6ccccc6)c5c43)c2)cc1. The molecule has 0 amide bonds. The van der Waals surface area contributed by atoms with Crippen molar-refractivity contribution in [3.05, 3.63) is 146 Å². The number of nitrogens with zero attached hydrogens (tertiary/aromatic N) is 4. The van der Waals surface area contributed by atoms with Crippen molar-refractivity contribution in [2.75, 3.05) is 0 Å². The van der Waals surface area contributed by atoms with E-state index in [0.29, 0.717) is 0 Å². The Morgan fingerprint density at radius 1 is 0.452 bits per heavy atom. The quantitative estimate of drug-likeness (QED) is 0.225. The van der Waals surface area contributed by atoms with Crippen LogP contribution in [0.2, 0.25) is 0 Å². The van der Waals surface area contributed by atoms with Crippen molar-refractivity contribution in [1.82, 2.24) is 19.1 Å². The Morgan fingerprint density at radius 3 is 1.79 bits per heavy atom. The van der Waals surface area contributed by atoms with E-state index in [1.165, 1.54) is 27.3 Å². The average Bonchev–Trinajstić information content (AvgIpc) is 3.60. The van der Waals surface area contributed by atoms with Crippen LogP contribution in [0.15, 0.2) is 146 Å². The first-order chi connectivity index (χ1) is 20.9. The molecule has 196 valence electrons. The van der Waals surface area contributed by atoms with Gasteiger partial charge in [0.15, 0.2) is 0 Å². The zero-order valence-corrected chi connectivity index (χ0v) is 22.6. The second-order valence-corrected chi connectivity index (χ2v) is 10.7. The van der Waals surface area contributed by atoms with E-state index in [4.69, 9.17) is 4.98 Å². The summed E-state index contributed by atoms with van der Waals surface area (Å²) >= 11 is 0. The third-order valence-electron chi connectivity index (χ3n) is 8.42. The summed E-state index contributed by atoms with van der Waals surface area (Å²) in [6.45, 7) is 0. The fourth-order valence-corrected chi connectivity index (χ4v) is 6.72. The molecule has 0 aliphatic rings. The molecule has 42 heavy (non-hydrogen) atoms. The number of hydrogen-bond donors (Lipinski definition) is 0. The van der Waals surface area contributed by atoms with E-state index in [-0.39, 0.29) is 0 Å². The minimum Gasteiger partial charge on any atom is -0.307 e. The molecule has 9 aromatic rings. The monoisotopic (exact) mass is 536 g/mol. The molecule has 0 spiro atoms. The molecule has 0 aliphatic carbocycles. The Labute approximate surface area is 241 Å². The van der Waals surface area contributed by atoms with Gasteiger partial charge in [0.05, 0.1) is 27.6 Å². The third kappa shape index (κ3) is 3.17.